The van der Waals surface area contributed by atoms with Gasteiger partial charge < -0.3 is 19.7 Å². The molecule has 134 valence electrons. The van der Waals surface area contributed by atoms with Crippen LogP contribution in [0.25, 0.3) is 0 Å². The van der Waals surface area contributed by atoms with Gasteiger partial charge in [-0.15, -0.1) is 0 Å². The van der Waals surface area contributed by atoms with Gasteiger partial charge in [-0.2, -0.15) is 4.98 Å². The molecule has 0 spiro atoms. The highest BCUT2D eigenvalue weighted by Crippen LogP contribution is 2.20. The van der Waals surface area contributed by atoms with E-state index in [9.17, 15) is 9.18 Å². The van der Waals surface area contributed by atoms with Crippen molar-refractivity contribution in [2.45, 2.75) is 13.2 Å². The molecule has 0 saturated heterocycles. The Morgan fingerprint density at radius 2 is 1.96 bits per heavy atom. The number of anilines is 1. The molecule has 2 aromatic carbocycles. The number of nitrogens with two attached hydrogens (primary N) is 1. The van der Waals surface area contributed by atoms with Crippen molar-refractivity contribution in [3.8, 4) is 5.75 Å². The highest BCUT2D eigenvalue weighted by atomic mass is 35.5. The lowest BCUT2D eigenvalue weighted by atomic mass is 10.2. The first-order valence-electron chi connectivity index (χ1n) is 7.43. The van der Waals surface area contributed by atoms with Gasteiger partial charge >= 0.3 is 5.97 Å². The van der Waals surface area contributed by atoms with E-state index in [0.717, 1.165) is 0 Å². The Hall–Kier alpha value is -3.13. The predicted molar refractivity (Wildman–Crippen MR) is 90.0 cm³/mol. The van der Waals surface area contributed by atoms with Crippen LogP contribution < -0.4 is 10.5 Å². The Labute approximate surface area is 152 Å². The summed E-state index contributed by atoms with van der Waals surface area (Å²) in [5.41, 5.74) is 6.18. The number of rotatable bonds is 6. The molecule has 2 N–H and O–H groups in total. The number of carbonyl (C=O) groups excluding carboxylic acids is 1. The maximum atomic E-state index is 12.8. The Bertz CT molecular complexity index is 915. The SMILES string of the molecule is Nc1cc(C(=O)OCc2nc(COc3ccc(F)cc3)no2)ccc1Cl. The number of benzene rings is 2. The van der Waals surface area contributed by atoms with Crippen molar-refractivity contribution in [1.82, 2.24) is 10.1 Å². The lowest BCUT2D eigenvalue weighted by Gasteiger charge is -2.04. The van der Waals surface area contributed by atoms with Gasteiger partial charge in [-0.25, -0.2) is 9.18 Å². The molecule has 7 nitrogen and oxygen atoms in total. The minimum Gasteiger partial charge on any atom is -0.485 e. The Morgan fingerprint density at radius 1 is 1.19 bits per heavy atom. The zero-order valence-electron chi connectivity index (χ0n) is 13.3. The summed E-state index contributed by atoms with van der Waals surface area (Å²) in [5.74, 6) is -0.127. The first-order chi connectivity index (χ1) is 12.5. The molecule has 0 bridgehead atoms. The third-order valence-corrected chi connectivity index (χ3v) is 3.59. The molecule has 26 heavy (non-hydrogen) atoms. The molecule has 0 amide bonds. The minimum atomic E-state index is -0.601. The molecule has 0 aliphatic heterocycles. The lowest BCUT2D eigenvalue weighted by Crippen LogP contribution is -2.06. The van der Waals surface area contributed by atoms with E-state index in [1.54, 1.807) is 0 Å². The van der Waals surface area contributed by atoms with Gasteiger partial charge in [0.1, 0.15) is 11.6 Å². The summed E-state index contributed by atoms with van der Waals surface area (Å²) in [4.78, 5) is 16.0. The van der Waals surface area contributed by atoms with Gasteiger partial charge in [-0.3, -0.25) is 0 Å². The maximum Gasteiger partial charge on any atom is 0.338 e. The normalized spacial score (nSPS) is 10.5. The molecule has 0 atom stereocenters. The van der Waals surface area contributed by atoms with Gasteiger partial charge in [-0.1, -0.05) is 16.8 Å². The van der Waals surface area contributed by atoms with Gasteiger partial charge in [0, 0.05) is 0 Å². The van der Waals surface area contributed by atoms with Crippen LogP contribution in [-0.2, 0) is 18.0 Å². The second-order valence-electron chi connectivity index (χ2n) is 5.16. The quantitative estimate of drug-likeness (QED) is 0.519. The smallest absolute Gasteiger partial charge is 0.338 e. The van der Waals surface area contributed by atoms with E-state index in [2.05, 4.69) is 10.1 Å². The Balaban J connectivity index is 1.52. The zero-order chi connectivity index (χ0) is 18.5. The van der Waals surface area contributed by atoms with Crippen LogP contribution in [0.4, 0.5) is 10.1 Å². The second kappa shape index (κ2) is 7.83. The largest absolute Gasteiger partial charge is 0.485 e. The highest BCUT2D eigenvalue weighted by molar-refractivity contribution is 6.33. The van der Waals surface area contributed by atoms with Crippen molar-refractivity contribution in [2.24, 2.45) is 0 Å². The molecule has 0 aliphatic rings. The summed E-state index contributed by atoms with van der Waals surface area (Å²) in [7, 11) is 0. The number of ether oxygens (including phenoxy) is 2. The molecule has 0 radical (unpaired) electrons. The number of carbonyl (C=O) groups is 1. The summed E-state index contributed by atoms with van der Waals surface area (Å²) in [6.45, 7) is -0.179. The molecular formula is C17H13ClFN3O4. The van der Waals surface area contributed by atoms with Gasteiger partial charge in [-0.05, 0) is 42.5 Å². The summed E-state index contributed by atoms with van der Waals surface area (Å²) in [5, 5.41) is 4.06. The standard InChI is InChI=1S/C17H13ClFN3O4/c18-13-6-1-10(7-14(13)20)17(23)25-9-16-21-15(22-26-16)8-24-12-4-2-11(19)3-5-12/h1-7H,8-9,20H2. The number of nitrogen functional groups attached to an aromatic ring is 1. The topological polar surface area (TPSA) is 100 Å². The molecule has 0 saturated carbocycles. The lowest BCUT2D eigenvalue weighted by molar-refractivity contribution is 0.0430. The van der Waals surface area contributed by atoms with Crippen LogP contribution >= 0.6 is 11.6 Å². The van der Waals surface area contributed by atoms with Crippen molar-refractivity contribution in [2.75, 3.05) is 5.73 Å². The van der Waals surface area contributed by atoms with Crippen LogP contribution in [0.1, 0.15) is 22.1 Å². The van der Waals surface area contributed by atoms with Gasteiger partial charge in [0.05, 0.1) is 16.3 Å². The van der Waals surface area contributed by atoms with Crippen molar-refractivity contribution in [3.63, 3.8) is 0 Å². The first-order valence-corrected chi connectivity index (χ1v) is 7.81. The Morgan fingerprint density at radius 3 is 2.69 bits per heavy atom. The number of esters is 1. The van der Waals surface area contributed by atoms with Gasteiger partial charge in [0.15, 0.2) is 13.2 Å². The average molecular weight is 378 g/mol. The van der Waals surface area contributed by atoms with Crippen molar-refractivity contribution >= 4 is 23.3 Å². The van der Waals surface area contributed by atoms with E-state index in [1.807, 2.05) is 0 Å². The van der Waals surface area contributed by atoms with E-state index in [4.69, 9.17) is 31.3 Å². The average Bonchev–Trinajstić information content (AvgIpc) is 3.09. The van der Waals surface area contributed by atoms with E-state index in [-0.39, 0.29) is 42.0 Å². The Kier molecular flexibility index (Phi) is 5.33. The fourth-order valence-corrected chi connectivity index (χ4v) is 2.08. The number of halogens is 2. The third kappa shape index (κ3) is 4.48. The summed E-state index contributed by atoms with van der Waals surface area (Å²) >= 11 is 5.80. The van der Waals surface area contributed by atoms with E-state index >= 15 is 0 Å². The van der Waals surface area contributed by atoms with Gasteiger partial charge in [0.2, 0.25) is 5.82 Å². The number of nitrogens with zero attached hydrogens (tertiary/aromatic N) is 2. The maximum absolute atomic E-state index is 12.8. The summed E-state index contributed by atoms with van der Waals surface area (Å²) < 4.78 is 28.3. The van der Waals surface area contributed by atoms with E-state index in [1.165, 1.54) is 42.5 Å². The molecule has 9 heteroatoms. The molecule has 1 heterocycles. The monoisotopic (exact) mass is 377 g/mol. The molecular weight excluding hydrogens is 365 g/mol. The number of hydrogen-bond acceptors (Lipinski definition) is 7. The summed E-state index contributed by atoms with van der Waals surface area (Å²) in [6, 6.07) is 9.94. The van der Waals surface area contributed by atoms with Crippen LogP contribution in [-0.4, -0.2) is 16.1 Å². The van der Waals surface area contributed by atoms with Gasteiger partial charge in [0.25, 0.3) is 5.89 Å². The predicted octanol–water partition coefficient (Wildman–Crippen LogP) is 3.38. The first kappa shape index (κ1) is 17.7. The zero-order valence-corrected chi connectivity index (χ0v) is 14.1. The highest BCUT2D eigenvalue weighted by Gasteiger charge is 2.13. The van der Waals surface area contributed by atoms with Crippen LogP contribution in [0.2, 0.25) is 5.02 Å². The van der Waals surface area contributed by atoms with Crippen LogP contribution in [0.3, 0.4) is 0 Å². The van der Waals surface area contributed by atoms with E-state index < -0.39 is 5.97 Å². The van der Waals surface area contributed by atoms with Crippen LogP contribution in [0.5, 0.6) is 5.75 Å². The van der Waals surface area contributed by atoms with E-state index in [0.29, 0.717) is 10.8 Å². The molecule has 0 unspecified atom stereocenters. The second-order valence-corrected chi connectivity index (χ2v) is 5.57. The van der Waals surface area contributed by atoms with Crippen molar-refractivity contribution < 1.29 is 23.2 Å². The van der Waals surface area contributed by atoms with Crippen molar-refractivity contribution in [1.29, 1.82) is 0 Å². The fraction of sp³-hybridized carbons (Fsp3) is 0.118. The molecule has 0 aliphatic carbocycles. The molecule has 3 rings (SSSR count). The molecule has 0 fully saturated rings. The molecule has 3 aromatic rings. The number of aromatic nitrogens is 2. The number of hydrogen-bond donors (Lipinski definition) is 1. The fourth-order valence-electron chi connectivity index (χ4n) is 1.97. The minimum absolute atomic E-state index is 0.0246. The van der Waals surface area contributed by atoms with Crippen molar-refractivity contribution in [3.05, 3.63) is 70.6 Å². The molecule has 1 aromatic heterocycles. The summed E-state index contributed by atoms with van der Waals surface area (Å²) in [6.07, 6.45) is 0. The van der Waals surface area contributed by atoms with Crippen LogP contribution in [0.15, 0.2) is 47.0 Å². The van der Waals surface area contributed by atoms with Crippen LogP contribution in [0, 0.1) is 5.82 Å². The third-order valence-electron chi connectivity index (χ3n) is 3.25.